The van der Waals surface area contributed by atoms with E-state index in [1.54, 1.807) is 38.5 Å². The molecule has 0 saturated carbocycles. The summed E-state index contributed by atoms with van der Waals surface area (Å²) in [5.41, 5.74) is 0.704. The standard InChI is InChI=1S/C18H21NO6S/c1-19(12-13-10-14(22-2)4-6-16(13)23-3)26(20,21)15-5-7-17-18(11-15)25-9-8-24-17/h4-7,10-11H,8-9,12H2,1-3H3. The van der Waals surface area contributed by atoms with Crippen LogP contribution in [0.5, 0.6) is 23.0 Å². The Hall–Kier alpha value is -2.45. The van der Waals surface area contributed by atoms with E-state index >= 15 is 0 Å². The molecule has 0 atom stereocenters. The Bertz CT molecular complexity index is 897. The highest BCUT2D eigenvalue weighted by atomic mass is 32.2. The summed E-state index contributed by atoms with van der Waals surface area (Å²) in [6.45, 7) is 0.985. The van der Waals surface area contributed by atoms with Gasteiger partial charge < -0.3 is 18.9 Å². The number of benzene rings is 2. The van der Waals surface area contributed by atoms with Gasteiger partial charge in [-0.1, -0.05) is 0 Å². The molecule has 2 aromatic rings. The first-order chi connectivity index (χ1) is 12.5. The van der Waals surface area contributed by atoms with Gasteiger partial charge in [0.05, 0.1) is 19.1 Å². The van der Waals surface area contributed by atoms with Crippen molar-refractivity contribution in [3.05, 3.63) is 42.0 Å². The molecule has 26 heavy (non-hydrogen) atoms. The summed E-state index contributed by atoms with van der Waals surface area (Å²) < 4.78 is 48.6. The van der Waals surface area contributed by atoms with Crippen molar-refractivity contribution in [1.29, 1.82) is 0 Å². The van der Waals surface area contributed by atoms with Gasteiger partial charge in [-0.15, -0.1) is 0 Å². The van der Waals surface area contributed by atoms with Crippen molar-refractivity contribution in [3.8, 4) is 23.0 Å². The molecular formula is C18H21NO6S. The van der Waals surface area contributed by atoms with Crippen molar-refractivity contribution in [2.45, 2.75) is 11.4 Å². The smallest absolute Gasteiger partial charge is 0.243 e. The van der Waals surface area contributed by atoms with Gasteiger partial charge in [0.2, 0.25) is 10.0 Å². The first kappa shape index (κ1) is 18.3. The van der Waals surface area contributed by atoms with Crippen LogP contribution in [0, 0.1) is 0 Å². The number of fused-ring (bicyclic) bond motifs is 1. The number of hydrogen-bond acceptors (Lipinski definition) is 6. The largest absolute Gasteiger partial charge is 0.497 e. The van der Waals surface area contributed by atoms with Crippen molar-refractivity contribution < 1.29 is 27.4 Å². The molecule has 1 aliphatic heterocycles. The summed E-state index contributed by atoms with van der Waals surface area (Å²) in [5, 5.41) is 0. The van der Waals surface area contributed by atoms with Crippen LogP contribution < -0.4 is 18.9 Å². The lowest BCUT2D eigenvalue weighted by atomic mass is 10.2. The molecule has 2 aromatic carbocycles. The number of ether oxygens (including phenoxy) is 4. The second kappa shape index (κ2) is 7.43. The van der Waals surface area contributed by atoms with E-state index in [9.17, 15) is 8.42 Å². The second-order valence-corrected chi connectivity index (χ2v) is 7.79. The molecule has 0 aromatic heterocycles. The van der Waals surface area contributed by atoms with Crippen LogP contribution in [-0.2, 0) is 16.6 Å². The topological polar surface area (TPSA) is 74.3 Å². The zero-order valence-corrected chi connectivity index (χ0v) is 15.7. The van der Waals surface area contributed by atoms with Crippen LogP contribution >= 0.6 is 0 Å². The van der Waals surface area contributed by atoms with E-state index in [2.05, 4.69) is 0 Å². The van der Waals surface area contributed by atoms with Crippen LogP contribution in [0.15, 0.2) is 41.3 Å². The molecule has 0 N–H and O–H groups in total. The van der Waals surface area contributed by atoms with E-state index in [0.29, 0.717) is 41.8 Å². The van der Waals surface area contributed by atoms with E-state index < -0.39 is 10.0 Å². The van der Waals surface area contributed by atoms with Gasteiger partial charge in [0.15, 0.2) is 11.5 Å². The summed E-state index contributed by atoms with van der Waals surface area (Å²) >= 11 is 0. The molecule has 140 valence electrons. The van der Waals surface area contributed by atoms with E-state index in [4.69, 9.17) is 18.9 Å². The van der Waals surface area contributed by atoms with Gasteiger partial charge in [-0.2, -0.15) is 4.31 Å². The third-order valence-corrected chi connectivity index (χ3v) is 5.90. The maximum absolute atomic E-state index is 12.9. The highest BCUT2D eigenvalue weighted by Crippen LogP contribution is 2.33. The average Bonchev–Trinajstić information content (AvgIpc) is 2.67. The zero-order chi connectivity index (χ0) is 18.7. The highest BCUT2D eigenvalue weighted by Gasteiger charge is 2.25. The maximum Gasteiger partial charge on any atom is 0.243 e. The normalized spacial score (nSPS) is 13.5. The Labute approximate surface area is 153 Å². The molecule has 0 radical (unpaired) electrons. The molecular weight excluding hydrogens is 358 g/mol. The Morgan fingerprint density at radius 3 is 2.42 bits per heavy atom. The fourth-order valence-corrected chi connectivity index (χ4v) is 3.86. The van der Waals surface area contributed by atoms with Gasteiger partial charge in [-0.05, 0) is 30.3 Å². The first-order valence-electron chi connectivity index (χ1n) is 8.02. The number of nitrogens with zero attached hydrogens (tertiary/aromatic N) is 1. The third kappa shape index (κ3) is 3.56. The molecule has 0 bridgehead atoms. The van der Waals surface area contributed by atoms with Crippen LogP contribution in [-0.4, -0.2) is 47.2 Å². The molecule has 8 heteroatoms. The predicted molar refractivity (Wildman–Crippen MR) is 95.6 cm³/mol. The summed E-state index contributed by atoms with van der Waals surface area (Å²) in [5.74, 6) is 2.21. The third-order valence-electron chi connectivity index (χ3n) is 4.10. The molecule has 3 rings (SSSR count). The molecule has 7 nitrogen and oxygen atoms in total. The van der Waals surface area contributed by atoms with Crippen LogP contribution in [0.25, 0.3) is 0 Å². The van der Waals surface area contributed by atoms with Crippen LogP contribution in [0.1, 0.15) is 5.56 Å². The van der Waals surface area contributed by atoms with Crippen molar-refractivity contribution in [2.75, 3.05) is 34.5 Å². The minimum atomic E-state index is -3.71. The Morgan fingerprint density at radius 1 is 1.00 bits per heavy atom. The minimum absolute atomic E-state index is 0.136. The maximum atomic E-state index is 12.9. The lowest BCUT2D eigenvalue weighted by molar-refractivity contribution is 0.171. The fourth-order valence-electron chi connectivity index (χ4n) is 2.69. The Kier molecular flexibility index (Phi) is 5.24. The molecule has 0 aliphatic carbocycles. The quantitative estimate of drug-likeness (QED) is 0.767. The molecule has 1 aliphatic rings. The number of sulfonamides is 1. The number of hydrogen-bond donors (Lipinski definition) is 0. The van der Waals surface area contributed by atoms with Crippen LogP contribution in [0.4, 0.5) is 0 Å². The summed E-state index contributed by atoms with van der Waals surface area (Å²) in [7, 11) is 0.904. The van der Waals surface area contributed by atoms with Crippen LogP contribution in [0.2, 0.25) is 0 Å². The minimum Gasteiger partial charge on any atom is -0.497 e. The van der Waals surface area contributed by atoms with Crippen molar-refractivity contribution in [1.82, 2.24) is 4.31 Å². The Morgan fingerprint density at radius 2 is 1.73 bits per heavy atom. The van der Waals surface area contributed by atoms with Gasteiger partial charge >= 0.3 is 0 Å². The Balaban J connectivity index is 1.88. The van der Waals surface area contributed by atoms with E-state index in [-0.39, 0.29) is 11.4 Å². The highest BCUT2D eigenvalue weighted by molar-refractivity contribution is 7.89. The van der Waals surface area contributed by atoms with Crippen LogP contribution in [0.3, 0.4) is 0 Å². The number of rotatable bonds is 6. The van der Waals surface area contributed by atoms with Crippen molar-refractivity contribution in [3.63, 3.8) is 0 Å². The monoisotopic (exact) mass is 379 g/mol. The average molecular weight is 379 g/mol. The summed E-state index contributed by atoms with van der Waals surface area (Å²) in [6, 6.07) is 9.89. The zero-order valence-electron chi connectivity index (χ0n) is 14.9. The van der Waals surface area contributed by atoms with Gasteiger partial charge in [0.1, 0.15) is 24.7 Å². The molecule has 0 unspecified atom stereocenters. The second-order valence-electron chi connectivity index (χ2n) is 5.74. The van der Waals surface area contributed by atoms with Gasteiger partial charge in [-0.25, -0.2) is 8.42 Å². The van der Waals surface area contributed by atoms with Gasteiger partial charge in [0.25, 0.3) is 0 Å². The summed E-state index contributed by atoms with van der Waals surface area (Å²) in [4.78, 5) is 0.145. The fraction of sp³-hybridized carbons (Fsp3) is 0.333. The predicted octanol–water partition coefficient (Wildman–Crippen LogP) is 2.30. The van der Waals surface area contributed by atoms with Crippen molar-refractivity contribution >= 4 is 10.0 Å². The van der Waals surface area contributed by atoms with Crippen molar-refractivity contribution in [2.24, 2.45) is 0 Å². The van der Waals surface area contributed by atoms with E-state index in [1.807, 2.05) is 0 Å². The van der Waals surface area contributed by atoms with Gasteiger partial charge in [-0.3, -0.25) is 0 Å². The summed E-state index contributed by atoms with van der Waals surface area (Å²) in [6.07, 6.45) is 0. The molecule has 1 heterocycles. The molecule has 0 fully saturated rings. The molecule has 0 saturated heterocycles. The SMILES string of the molecule is COc1ccc(OC)c(CN(C)S(=O)(=O)c2ccc3c(c2)OCCO3)c1. The van der Waals surface area contributed by atoms with E-state index in [1.165, 1.54) is 23.5 Å². The number of methoxy groups -OCH3 is 2. The van der Waals surface area contributed by atoms with Gasteiger partial charge in [0, 0.05) is 25.2 Å². The lowest BCUT2D eigenvalue weighted by Gasteiger charge is -2.22. The first-order valence-corrected chi connectivity index (χ1v) is 9.46. The molecule has 0 amide bonds. The lowest BCUT2D eigenvalue weighted by Crippen LogP contribution is -2.27. The van der Waals surface area contributed by atoms with E-state index in [0.717, 1.165) is 0 Å². The molecule has 0 spiro atoms.